The van der Waals surface area contributed by atoms with Crippen LogP contribution in [0.1, 0.15) is 15.2 Å². The molecule has 0 saturated heterocycles. The molecule has 4 rings (SSSR count). The number of thiophene rings is 1. The fraction of sp³-hybridized carbons (Fsp3) is 0.125. The number of amides is 2. The van der Waals surface area contributed by atoms with Gasteiger partial charge in [0.2, 0.25) is 5.91 Å². The number of carbonyl (C=O) groups excluding carboxylic acids is 2. The van der Waals surface area contributed by atoms with Gasteiger partial charge in [0, 0.05) is 40.3 Å². The second-order valence-corrected chi connectivity index (χ2v) is 8.93. The number of methoxy groups -OCH3 is 1. The van der Waals surface area contributed by atoms with Crippen molar-refractivity contribution in [3.8, 4) is 11.4 Å². The van der Waals surface area contributed by atoms with Crippen LogP contribution < -0.4 is 15.4 Å². The molecule has 0 unspecified atom stereocenters. The normalized spacial score (nSPS) is 10.6. The predicted octanol–water partition coefficient (Wildman–Crippen LogP) is 4.60. The smallest absolute Gasteiger partial charge is 0.251 e. The molecule has 0 spiro atoms. The van der Waals surface area contributed by atoms with Gasteiger partial charge in [0.05, 0.1) is 19.4 Å². The van der Waals surface area contributed by atoms with Crippen molar-refractivity contribution in [3.63, 3.8) is 0 Å². The van der Waals surface area contributed by atoms with Crippen molar-refractivity contribution in [1.29, 1.82) is 0 Å². The lowest BCUT2D eigenvalue weighted by molar-refractivity contribution is -0.113. The summed E-state index contributed by atoms with van der Waals surface area (Å²) in [5.74, 6) is 0.627. The number of aromatic nitrogens is 2. The molecule has 168 valence electrons. The largest absolute Gasteiger partial charge is 0.497 e. The predicted molar refractivity (Wildman–Crippen MR) is 131 cm³/mol. The van der Waals surface area contributed by atoms with E-state index in [0.717, 1.165) is 10.6 Å². The van der Waals surface area contributed by atoms with Crippen molar-refractivity contribution < 1.29 is 14.3 Å². The third-order valence-electron chi connectivity index (χ3n) is 4.70. The summed E-state index contributed by atoms with van der Waals surface area (Å²) in [4.78, 5) is 30.2. The molecule has 4 aromatic rings. The van der Waals surface area contributed by atoms with E-state index in [-0.39, 0.29) is 17.6 Å². The number of thioether (sulfide) groups is 1. The summed E-state index contributed by atoms with van der Waals surface area (Å²) in [6, 6.07) is 18.5. The lowest BCUT2D eigenvalue weighted by Gasteiger charge is -2.10. The minimum Gasteiger partial charge on any atom is -0.497 e. The fourth-order valence-electron chi connectivity index (χ4n) is 3.08. The number of ether oxygens (including phenoxy) is 1. The minimum absolute atomic E-state index is 0.121. The lowest BCUT2D eigenvalue weighted by atomic mass is 10.2. The second-order valence-electron chi connectivity index (χ2n) is 6.96. The maximum atomic E-state index is 12.4. The zero-order valence-electron chi connectivity index (χ0n) is 17.9. The van der Waals surface area contributed by atoms with E-state index < -0.39 is 0 Å². The molecule has 33 heavy (non-hydrogen) atoms. The Balaban J connectivity index is 1.34. The van der Waals surface area contributed by atoms with E-state index in [2.05, 4.69) is 15.6 Å². The Morgan fingerprint density at radius 1 is 1.12 bits per heavy atom. The number of carbonyl (C=O) groups is 2. The maximum Gasteiger partial charge on any atom is 0.251 e. The molecule has 0 aliphatic heterocycles. The zero-order chi connectivity index (χ0) is 23.0. The van der Waals surface area contributed by atoms with Crippen molar-refractivity contribution in [2.24, 2.45) is 0 Å². The van der Waals surface area contributed by atoms with Crippen molar-refractivity contribution in [1.82, 2.24) is 14.9 Å². The zero-order valence-corrected chi connectivity index (χ0v) is 19.5. The van der Waals surface area contributed by atoms with E-state index in [4.69, 9.17) is 4.74 Å². The molecule has 0 radical (unpaired) electrons. The van der Waals surface area contributed by atoms with Crippen molar-refractivity contribution in [2.45, 2.75) is 11.7 Å². The van der Waals surface area contributed by atoms with Crippen LogP contribution in [0, 0.1) is 0 Å². The Labute approximate surface area is 199 Å². The van der Waals surface area contributed by atoms with Crippen LogP contribution in [0.15, 0.2) is 83.6 Å². The van der Waals surface area contributed by atoms with Crippen LogP contribution in [0.3, 0.4) is 0 Å². The molecule has 7 nitrogen and oxygen atoms in total. The number of anilines is 1. The number of nitrogens with zero attached hydrogens (tertiary/aromatic N) is 2. The summed E-state index contributed by atoms with van der Waals surface area (Å²) in [7, 11) is 1.58. The van der Waals surface area contributed by atoms with Crippen LogP contribution >= 0.6 is 23.1 Å². The van der Waals surface area contributed by atoms with E-state index in [1.807, 2.05) is 58.6 Å². The summed E-state index contributed by atoms with van der Waals surface area (Å²) in [5, 5.41) is 8.45. The van der Waals surface area contributed by atoms with E-state index in [0.29, 0.717) is 28.7 Å². The Morgan fingerprint density at radius 2 is 1.97 bits per heavy atom. The van der Waals surface area contributed by atoms with Crippen LogP contribution in [0.2, 0.25) is 0 Å². The molecule has 2 N–H and O–H groups in total. The summed E-state index contributed by atoms with van der Waals surface area (Å²) >= 11 is 2.94. The van der Waals surface area contributed by atoms with Crippen molar-refractivity contribution >= 4 is 40.6 Å². The summed E-state index contributed by atoms with van der Waals surface area (Å²) in [6.07, 6.45) is 3.51. The number of rotatable bonds is 9. The fourth-order valence-corrected chi connectivity index (χ4v) is 4.49. The lowest BCUT2D eigenvalue weighted by Crippen LogP contribution is -2.22. The van der Waals surface area contributed by atoms with Crippen LogP contribution in [-0.2, 0) is 11.3 Å². The summed E-state index contributed by atoms with van der Waals surface area (Å²) in [5.41, 5.74) is 2.12. The van der Waals surface area contributed by atoms with E-state index in [1.54, 1.807) is 42.8 Å². The highest BCUT2D eigenvalue weighted by molar-refractivity contribution is 7.99. The molecule has 9 heteroatoms. The first-order valence-electron chi connectivity index (χ1n) is 10.1. The summed E-state index contributed by atoms with van der Waals surface area (Å²) in [6.45, 7) is 0.512. The van der Waals surface area contributed by atoms with Gasteiger partial charge >= 0.3 is 0 Å². The SMILES string of the molecule is COc1cccc(NC(=O)CSc2nccn2-c2ccc(C(=O)NCc3cccs3)cc2)c1. The van der Waals surface area contributed by atoms with Gasteiger partial charge in [-0.05, 0) is 47.8 Å². The molecule has 2 aromatic carbocycles. The van der Waals surface area contributed by atoms with Gasteiger partial charge in [-0.2, -0.15) is 0 Å². The highest BCUT2D eigenvalue weighted by Gasteiger charge is 2.11. The Hall–Kier alpha value is -3.56. The molecule has 2 heterocycles. The molecular formula is C24H22N4O3S2. The topological polar surface area (TPSA) is 85.2 Å². The number of imidazole rings is 1. The van der Waals surface area contributed by atoms with Crippen LogP contribution in [-0.4, -0.2) is 34.2 Å². The molecule has 0 saturated carbocycles. The highest BCUT2D eigenvalue weighted by Crippen LogP contribution is 2.22. The minimum atomic E-state index is -0.138. The van der Waals surface area contributed by atoms with Crippen LogP contribution in [0.5, 0.6) is 5.75 Å². The second kappa shape index (κ2) is 10.8. The molecular weight excluding hydrogens is 456 g/mol. The highest BCUT2D eigenvalue weighted by atomic mass is 32.2. The van der Waals surface area contributed by atoms with Gasteiger partial charge in [0.25, 0.3) is 5.91 Å². The first-order valence-corrected chi connectivity index (χ1v) is 12.0. The van der Waals surface area contributed by atoms with Gasteiger partial charge in [0.1, 0.15) is 5.75 Å². The van der Waals surface area contributed by atoms with Gasteiger partial charge in [-0.25, -0.2) is 4.98 Å². The maximum absolute atomic E-state index is 12.4. The molecule has 2 amide bonds. The Bertz CT molecular complexity index is 1220. The number of nitrogens with one attached hydrogen (secondary N) is 2. The molecule has 0 aliphatic carbocycles. The van der Waals surface area contributed by atoms with Crippen LogP contribution in [0.4, 0.5) is 5.69 Å². The molecule has 0 fully saturated rings. The van der Waals surface area contributed by atoms with Crippen LogP contribution in [0.25, 0.3) is 5.69 Å². The van der Waals surface area contributed by atoms with Gasteiger partial charge in [-0.1, -0.05) is 23.9 Å². The van der Waals surface area contributed by atoms with Gasteiger partial charge in [0.15, 0.2) is 5.16 Å². The molecule has 0 aliphatic rings. The quantitative estimate of drug-likeness (QED) is 0.343. The van der Waals surface area contributed by atoms with Gasteiger partial charge in [-0.15, -0.1) is 11.3 Å². The standard InChI is InChI=1S/C24H22N4O3S2/c1-31-20-5-2-4-18(14-20)27-22(29)16-33-24-25-11-12-28(24)19-9-7-17(8-10-19)23(30)26-15-21-6-3-13-32-21/h2-14H,15-16H2,1H3,(H,26,30)(H,27,29). The number of hydrogen-bond acceptors (Lipinski definition) is 6. The molecule has 2 aromatic heterocycles. The first-order chi connectivity index (χ1) is 16.1. The van der Waals surface area contributed by atoms with E-state index in [1.165, 1.54) is 11.8 Å². The molecule has 0 bridgehead atoms. The third-order valence-corrected chi connectivity index (χ3v) is 6.55. The van der Waals surface area contributed by atoms with Crippen molar-refractivity contribution in [3.05, 3.63) is 88.9 Å². The summed E-state index contributed by atoms with van der Waals surface area (Å²) < 4.78 is 7.06. The van der Waals surface area contributed by atoms with Gasteiger partial charge in [-0.3, -0.25) is 14.2 Å². The van der Waals surface area contributed by atoms with E-state index >= 15 is 0 Å². The van der Waals surface area contributed by atoms with Gasteiger partial charge < -0.3 is 15.4 Å². The van der Waals surface area contributed by atoms with Crippen molar-refractivity contribution in [2.75, 3.05) is 18.2 Å². The third kappa shape index (κ3) is 6.03. The average molecular weight is 479 g/mol. The average Bonchev–Trinajstić information content (AvgIpc) is 3.53. The Kier molecular flexibility index (Phi) is 7.43. The number of benzene rings is 2. The van der Waals surface area contributed by atoms with E-state index in [9.17, 15) is 9.59 Å². The Morgan fingerprint density at radius 3 is 2.73 bits per heavy atom. The first kappa shape index (κ1) is 22.6. The molecule has 0 atom stereocenters. The monoisotopic (exact) mass is 478 g/mol. The number of hydrogen-bond donors (Lipinski definition) is 2.